The lowest BCUT2D eigenvalue weighted by Crippen LogP contribution is -2.36. The lowest BCUT2D eigenvalue weighted by atomic mass is 10.2. The molecule has 0 saturated heterocycles. The minimum Gasteiger partial charge on any atom is -0.392 e. The zero-order chi connectivity index (χ0) is 15.3. The van der Waals surface area contributed by atoms with E-state index in [2.05, 4.69) is 4.72 Å². The van der Waals surface area contributed by atoms with E-state index in [4.69, 9.17) is 5.11 Å². The van der Waals surface area contributed by atoms with Gasteiger partial charge in [0.2, 0.25) is 10.0 Å². The highest BCUT2D eigenvalue weighted by Crippen LogP contribution is 2.17. The summed E-state index contributed by atoms with van der Waals surface area (Å²) < 4.78 is 39.8. The van der Waals surface area contributed by atoms with E-state index in [0.29, 0.717) is 12.6 Å². The highest BCUT2D eigenvalue weighted by molar-refractivity contribution is 7.89. The molecule has 0 amide bonds. The van der Waals surface area contributed by atoms with Crippen molar-refractivity contribution in [1.29, 1.82) is 0 Å². The summed E-state index contributed by atoms with van der Waals surface area (Å²) in [5, 5.41) is 9.14. The van der Waals surface area contributed by atoms with E-state index >= 15 is 0 Å². The van der Waals surface area contributed by atoms with E-state index in [1.165, 1.54) is 6.07 Å². The molecule has 5 nitrogen and oxygen atoms in total. The third kappa shape index (κ3) is 4.52. The number of halogens is 1. The number of hydrogen-bond acceptors (Lipinski definition) is 4. The van der Waals surface area contributed by atoms with Gasteiger partial charge in [0.15, 0.2) is 0 Å². The number of nitrogens with zero attached hydrogens (tertiary/aromatic N) is 1. The largest absolute Gasteiger partial charge is 0.392 e. The second-order valence-electron chi connectivity index (χ2n) is 4.88. The van der Waals surface area contributed by atoms with Crippen molar-refractivity contribution < 1.29 is 17.9 Å². The number of aliphatic hydroxyl groups excluding tert-OH is 1. The first kappa shape index (κ1) is 17.0. The summed E-state index contributed by atoms with van der Waals surface area (Å²) in [6.45, 7) is 4.32. The van der Waals surface area contributed by atoms with Crippen molar-refractivity contribution >= 4 is 10.0 Å². The van der Waals surface area contributed by atoms with E-state index in [1.54, 1.807) is 0 Å². The molecule has 114 valence electrons. The average molecular weight is 304 g/mol. The van der Waals surface area contributed by atoms with E-state index in [-0.39, 0.29) is 17.0 Å². The topological polar surface area (TPSA) is 69.6 Å². The molecule has 0 heterocycles. The Hall–Kier alpha value is -1.02. The van der Waals surface area contributed by atoms with Crippen LogP contribution in [0.1, 0.15) is 19.4 Å². The van der Waals surface area contributed by atoms with Crippen molar-refractivity contribution in [2.75, 3.05) is 20.1 Å². The predicted octanol–water partition coefficient (Wildman–Crippen LogP) is 0.936. The molecule has 0 radical (unpaired) electrons. The van der Waals surface area contributed by atoms with Gasteiger partial charge in [0.1, 0.15) is 5.82 Å². The first-order valence-corrected chi connectivity index (χ1v) is 7.85. The summed E-state index contributed by atoms with van der Waals surface area (Å²) in [4.78, 5) is 1.77. The van der Waals surface area contributed by atoms with Crippen molar-refractivity contribution in [3.05, 3.63) is 29.6 Å². The fourth-order valence-electron chi connectivity index (χ4n) is 1.60. The lowest BCUT2D eigenvalue weighted by Gasteiger charge is -2.21. The highest BCUT2D eigenvalue weighted by atomic mass is 32.2. The van der Waals surface area contributed by atoms with Gasteiger partial charge in [-0.25, -0.2) is 17.5 Å². The molecule has 0 bridgehead atoms. The van der Waals surface area contributed by atoms with Crippen molar-refractivity contribution in [3.63, 3.8) is 0 Å². The van der Waals surface area contributed by atoms with Gasteiger partial charge < -0.3 is 10.0 Å². The van der Waals surface area contributed by atoms with Crippen LogP contribution in [0.4, 0.5) is 4.39 Å². The summed E-state index contributed by atoms with van der Waals surface area (Å²) in [7, 11) is -1.93. The standard InChI is InChI=1S/C13H21FN2O3S/c1-10(2)16(3)7-6-15-20(18,19)13-8-12(14)5-4-11(13)9-17/h4-5,8,10,15,17H,6-7,9H2,1-3H3. The number of likely N-dealkylation sites (N-methyl/N-ethyl adjacent to an activating group) is 1. The fraction of sp³-hybridized carbons (Fsp3) is 0.538. The van der Waals surface area contributed by atoms with Crippen LogP contribution in [0.15, 0.2) is 23.1 Å². The second-order valence-corrected chi connectivity index (χ2v) is 6.62. The molecule has 0 spiro atoms. The Morgan fingerprint density at radius 2 is 2.05 bits per heavy atom. The smallest absolute Gasteiger partial charge is 0.241 e. The van der Waals surface area contributed by atoms with Gasteiger partial charge in [-0.05, 0) is 38.6 Å². The quantitative estimate of drug-likeness (QED) is 0.786. The van der Waals surface area contributed by atoms with Gasteiger partial charge >= 0.3 is 0 Å². The van der Waals surface area contributed by atoms with Crippen LogP contribution in [0, 0.1) is 5.82 Å². The van der Waals surface area contributed by atoms with E-state index in [1.807, 2.05) is 25.8 Å². The molecule has 1 rings (SSSR count). The molecule has 0 aromatic heterocycles. The summed E-state index contributed by atoms with van der Waals surface area (Å²) >= 11 is 0. The van der Waals surface area contributed by atoms with Gasteiger partial charge in [-0.3, -0.25) is 0 Å². The molecule has 0 aliphatic heterocycles. The normalized spacial score (nSPS) is 12.3. The van der Waals surface area contributed by atoms with Gasteiger partial charge in [-0.15, -0.1) is 0 Å². The molecule has 1 aromatic carbocycles. The zero-order valence-corrected chi connectivity index (χ0v) is 12.7. The van der Waals surface area contributed by atoms with Crippen molar-refractivity contribution in [1.82, 2.24) is 9.62 Å². The molecule has 0 aliphatic rings. The zero-order valence-electron chi connectivity index (χ0n) is 11.9. The Kier molecular flexibility index (Phi) is 6.07. The van der Waals surface area contributed by atoms with Gasteiger partial charge in [-0.2, -0.15) is 0 Å². The van der Waals surface area contributed by atoms with Crippen LogP contribution in [0.2, 0.25) is 0 Å². The summed E-state index contributed by atoms with van der Waals surface area (Å²) in [6, 6.07) is 3.61. The van der Waals surface area contributed by atoms with Gasteiger partial charge in [-0.1, -0.05) is 6.07 Å². The second kappa shape index (κ2) is 7.12. The Morgan fingerprint density at radius 3 is 2.60 bits per heavy atom. The number of sulfonamides is 1. The maximum absolute atomic E-state index is 13.2. The summed E-state index contributed by atoms with van der Waals surface area (Å²) in [6.07, 6.45) is 0. The van der Waals surface area contributed by atoms with E-state index in [0.717, 1.165) is 12.1 Å². The molecule has 1 aromatic rings. The Labute approximate surface area is 119 Å². The van der Waals surface area contributed by atoms with Crippen LogP contribution in [0.3, 0.4) is 0 Å². The summed E-state index contributed by atoms with van der Waals surface area (Å²) in [5.74, 6) is -0.651. The van der Waals surface area contributed by atoms with Crippen LogP contribution >= 0.6 is 0 Å². The molecule has 2 N–H and O–H groups in total. The molecule has 20 heavy (non-hydrogen) atoms. The van der Waals surface area contributed by atoms with Crippen molar-refractivity contribution in [2.45, 2.75) is 31.4 Å². The van der Waals surface area contributed by atoms with Crippen LogP contribution in [0.25, 0.3) is 0 Å². The van der Waals surface area contributed by atoms with Gasteiger partial charge in [0, 0.05) is 19.1 Å². The minimum atomic E-state index is -3.82. The summed E-state index contributed by atoms with van der Waals surface area (Å²) in [5.41, 5.74) is 0.177. The van der Waals surface area contributed by atoms with Crippen LogP contribution in [-0.2, 0) is 16.6 Å². The molecule has 0 aliphatic carbocycles. The third-order valence-corrected chi connectivity index (χ3v) is 4.67. The number of rotatable bonds is 7. The first-order valence-electron chi connectivity index (χ1n) is 6.37. The Morgan fingerprint density at radius 1 is 1.40 bits per heavy atom. The third-order valence-electron chi connectivity index (χ3n) is 3.13. The number of benzene rings is 1. The van der Waals surface area contributed by atoms with Crippen molar-refractivity contribution in [3.8, 4) is 0 Å². The molecule has 7 heteroatoms. The first-order chi connectivity index (χ1) is 9.27. The maximum Gasteiger partial charge on any atom is 0.241 e. The number of hydrogen-bond donors (Lipinski definition) is 2. The fourth-order valence-corrected chi connectivity index (χ4v) is 2.86. The molecular weight excluding hydrogens is 283 g/mol. The monoisotopic (exact) mass is 304 g/mol. The maximum atomic E-state index is 13.2. The highest BCUT2D eigenvalue weighted by Gasteiger charge is 2.19. The predicted molar refractivity (Wildman–Crippen MR) is 75.3 cm³/mol. The Balaban J connectivity index is 2.81. The Bertz CT molecular complexity index is 547. The molecule has 0 atom stereocenters. The van der Waals surface area contributed by atoms with Crippen LogP contribution in [-0.4, -0.2) is 44.6 Å². The van der Waals surface area contributed by atoms with Crippen LogP contribution < -0.4 is 4.72 Å². The van der Waals surface area contributed by atoms with Crippen molar-refractivity contribution in [2.24, 2.45) is 0 Å². The van der Waals surface area contributed by atoms with E-state index < -0.39 is 22.4 Å². The number of aliphatic hydroxyl groups is 1. The van der Waals surface area contributed by atoms with Gasteiger partial charge in [0.25, 0.3) is 0 Å². The molecular formula is C13H21FN2O3S. The SMILES string of the molecule is CC(C)N(C)CCNS(=O)(=O)c1cc(F)ccc1CO. The molecule has 0 saturated carbocycles. The molecule has 0 fully saturated rings. The minimum absolute atomic E-state index is 0.177. The van der Waals surface area contributed by atoms with Crippen LogP contribution in [0.5, 0.6) is 0 Å². The number of nitrogens with one attached hydrogen (secondary N) is 1. The lowest BCUT2D eigenvalue weighted by molar-refractivity contribution is 0.277. The molecule has 0 unspecified atom stereocenters. The van der Waals surface area contributed by atoms with E-state index in [9.17, 15) is 12.8 Å². The van der Waals surface area contributed by atoms with Gasteiger partial charge in [0.05, 0.1) is 11.5 Å². The average Bonchev–Trinajstić information content (AvgIpc) is 2.38.